The van der Waals surface area contributed by atoms with Crippen molar-refractivity contribution in [1.29, 1.82) is 5.26 Å². The molecule has 0 saturated heterocycles. The Morgan fingerprint density at radius 2 is 1.97 bits per heavy atom. The van der Waals surface area contributed by atoms with Crippen LogP contribution in [0.4, 0.5) is 5.69 Å². The van der Waals surface area contributed by atoms with Gasteiger partial charge in [-0.25, -0.2) is 13.8 Å². The van der Waals surface area contributed by atoms with E-state index < -0.39 is 22.5 Å². The van der Waals surface area contributed by atoms with E-state index in [4.69, 9.17) is 33.2 Å². The zero-order valence-corrected chi connectivity index (χ0v) is 17.5. The number of amides is 1. The molecule has 2 rings (SSSR count). The first-order chi connectivity index (χ1) is 13.7. The number of hydrogen-bond donors (Lipinski definition) is 1. The molecule has 1 N–H and O–H groups in total. The van der Waals surface area contributed by atoms with Crippen molar-refractivity contribution < 1.29 is 17.9 Å². The van der Waals surface area contributed by atoms with Crippen molar-refractivity contribution in [2.24, 2.45) is 5.10 Å². The molecule has 0 aliphatic carbocycles. The highest BCUT2D eigenvalue weighted by Gasteiger charge is 2.23. The van der Waals surface area contributed by atoms with E-state index in [1.807, 2.05) is 6.07 Å². The zero-order valence-electron chi connectivity index (χ0n) is 15.2. The fourth-order valence-electron chi connectivity index (χ4n) is 2.17. The van der Waals surface area contributed by atoms with Gasteiger partial charge in [-0.3, -0.25) is 9.10 Å². The van der Waals surface area contributed by atoms with Crippen molar-refractivity contribution in [3.63, 3.8) is 0 Å². The van der Waals surface area contributed by atoms with Crippen LogP contribution in [0.25, 0.3) is 0 Å². The number of carbonyl (C=O) groups is 1. The SMILES string of the molecule is CS(=O)(=O)N(CC(=O)N/N=C\c1ccc(OCC#N)cc1)c1cc(Cl)ccc1Cl. The molecule has 0 fully saturated rings. The van der Waals surface area contributed by atoms with E-state index in [1.54, 1.807) is 24.3 Å². The minimum absolute atomic E-state index is 0.0586. The van der Waals surface area contributed by atoms with Crippen molar-refractivity contribution in [2.45, 2.75) is 0 Å². The minimum atomic E-state index is -3.80. The summed E-state index contributed by atoms with van der Waals surface area (Å²) < 4.78 is 30.2. The fraction of sp³-hybridized carbons (Fsp3) is 0.167. The number of halogens is 2. The Bertz CT molecular complexity index is 1050. The summed E-state index contributed by atoms with van der Waals surface area (Å²) in [6.07, 6.45) is 2.33. The van der Waals surface area contributed by atoms with E-state index in [0.717, 1.165) is 10.6 Å². The number of hydrogen-bond acceptors (Lipinski definition) is 6. The van der Waals surface area contributed by atoms with Crippen LogP contribution in [0, 0.1) is 11.3 Å². The van der Waals surface area contributed by atoms with Crippen LogP contribution in [-0.2, 0) is 14.8 Å². The Labute approximate surface area is 178 Å². The van der Waals surface area contributed by atoms with Gasteiger partial charge in [0.1, 0.15) is 18.4 Å². The van der Waals surface area contributed by atoms with Crippen LogP contribution in [0.15, 0.2) is 47.6 Å². The normalized spacial score (nSPS) is 11.1. The predicted molar refractivity (Wildman–Crippen MR) is 112 cm³/mol. The molecule has 1 amide bonds. The maximum absolute atomic E-state index is 12.2. The summed E-state index contributed by atoms with van der Waals surface area (Å²) in [7, 11) is -3.80. The molecule has 29 heavy (non-hydrogen) atoms. The summed E-state index contributed by atoms with van der Waals surface area (Å²) in [6, 6.07) is 12.8. The summed E-state index contributed by atoms with van der Waals surface area (Å²) in [4.78, 5) is 12.2. The van der Waals surface area contributed by atoms with E-state index in [-0.39, 0.29) is 22.3 Å². The molecule has 0 heterocycles. The highest BCUT2D eigenvalue weighted by Crippen LogP contribution is 2.30. The van der Waals surface area contributed by atoms with E-state index in [0.29, 0.717) is 11.3 Å². The topological polar surface area (TPSA) is 112 Å². The maximum atomic E-state index is 12.2. The zero-order chi connectivity index (χ0) is 21.4. The van der Waals surface area contributed by atoms with Gasteiger partial charge in [0.15, 0.2) is 6.61 Å². The van der Waals surface area contributed by atoms with Crippen LogP contribution < -0.4 is 14.5 Å². The molecule has 2 aromatic rings. The molecule has 0 saturated carbocycles. The third-order valence-electron chi connectivity index (χ3n) is 3.45. The summed E-state index contributed by atoms with van der Waals surface area (Å²) in [5, 5.41) is 12.7. The van der Waals surface area contributed by atoms with Crippen molar-refractivity contribution in [3.8, 4) is 11.8 Å². The van der Waals surface area contributed by atoms with Gasteiger partial charge in [-0.05, 0) is 48.0 Å². The predicted octanol–water partition coefficient (Wildman–Crippen LogP) is 2.81. The molecule has 0 radical (unpaired) electrons. The Morgan fingerprint density at radius 3 is 2.59 bits per heavy atom. The second-order valence-corrected chi connectivity index (χ2v) is 8.42. The molecule has 8 nitrogen and oxygen atoms in total. The molecule has 0 aromatic heterocycles. The molecule has 2 aromatic carbocycles. The van der Waals surface area contributed by atoms with Crippen LogP contribution in [0.5, 0.6) is 5.75 Å². The number of nitrogens with one attached hydrogen (secondary N) is 1. The molecule has 0 bridgehead atoms. The number of nitriles is 1. The Morgan fingerprint density at radius 1 is 1.28 bits per heavy atom. The van der Waals surface area contributed by atoms with Gasteiger partial charge >= 0.3 is 0 Å². The molecule has 152 valence electrons. The fourth-order valence-corrected chi connectivity index (χ4v) is 3.46. The standard InChI is InChI=1S/C18H16Cl2N4O4S/c1-29(26,27)24(17-10-14(19)4-7-16(17)20)12-18(25)23-22-11-13-2-5-15(6-3-13)28-9-8-21/h2-7,10-11H,9,12H2,1H3,(H,23,25)/b22-11-. The van der Waals surface area contributed by atoms with Crippen molar-refractivity contribution >= 4 is 51.0 Å². The van der Waals surface area contributed by atoms with Crippen LogP contribution in [0.1, 0.15) is 5.56 Å². The highest BCUT2D eigenvalue weighted by molar-refractivity contribution is 7.92. The second-order valence-electron chi connectivity index (χ2n) is 5.67. The lowest BCUT2D eigenvalue weighted by atomic mass is 10.2. The van der Waals surface area contributed by atoms with Crippen molar-refractivity contribution in [1.82, 2.24) is 5.43 Å². The molecule has 0 aliphatic rings. The van der Waals surface area contributed by atoms with Gasteiger partial charge in [0.25, 0.3) is 5.91 Å². The quantitative estimate of drug-likeness (QED) is 0.486. The molecular weight excluding hydrogens is 439 g/mol. The summed E-state index contributed by atoms with van der Waals surface area (Å²) in [5.41, 5.74) is 3.01. The number of carbonyl (C=O) groups excluding carboxylic acids is 1. The Hall–Kier alpha value is -2.80. The van der Waals surface area contributed by atoms with Crippen molar-refractivity contribution in [2.75, 3.05) is 23.7 Å². The van der Waals surface area contributed by atoms with Gasteiger partial charge < -0.3 is 4.74 Å². The van der Waals surface area contributed by atoms with Gasteiger partial charge in [0, 0.05) is 5.02 Å². The molecule has 0 atom stereocenters. The number of nitrogens with zero attached hydrogens (tertiary/aromatic N) is 3. The monoisotopic (exact) mass is 454 g/mol. The van der Waals surface area contributed by atoms with Gasteiger partial charge in [0.05, 0.1) is 23.2 Å². The third-order valence-corrected chi connectivity index (χ3v) is 5.13. The number of rotatable bonds is 8. The first-order valence-electron chi connectivity index (χ1n) is 8.05. The van der Waals surface area contributed by atoms with E-state index in [2.05, 4.69) is 10.5 Å². The summed E-state index contributed by atoms with van der Waals surface area (Å²) in [6.45, 7) is -0.589. The van der Waals surface area contributed by atoms with Gasteiger partial charge in [-0.15, -0.1) is 0 Å². The Kier molecular flexibility index (Phi) is 7.84. The first-order valence-corrected chi connectivity index (χ1v) is 10.7. The van der Waals surface area contributed by atoms with Crippen molar-refractivity contribution in [3.05, 3.63) is 58.1 Å². The van der Waals surface area contributed by atoms with Gasteiger partial charge in [-0.1, -0.05) is 23.2 Å². The smallest absolute Gasteiger partial charge is 0.260 e. The van der Waals surface area contributed by atoms with E-state index >= 15 is 0 Å². The van der Waals surface area contributed by atoms with Crippen LogP contribution in [-0.4, -0.2) is 39.9 Å². The van der Waals surface area contributed by atoms with Gasteiger partial charge in [0.2, 0.25) is 10.0 Å². The third kappa shape index (κ3) is 6.94. The lowest BCUT2D eigenvalue weighted by Crippen LogP contribution is -2.39. The van der Waals surface area contributed by atoms with Gasteiger partial charge in [-0.2, -0.15) is 10.4 Å². The molecule has 0 unspecified atom stereocenters. The highest BCUT2D eigenvalue weighted by atomic mass is 35.5. The molecule has 0 spiro atoms. The van der Waals surface area contributed by atoms with E-state index in [1.165, 1.54) is 24.4 Å². The second kappa shape index (κ2) is 10.1. The Balaban J connectivity index is 2.04. The van der Waals surface area contributed by atoms with Crippen LogP contribution in [0.3, 0.4) is 0 Å². The lowest BCUT2D eigenvalue weighted by Gasteiger charge is -2.22. The molecular formula is C18H16Cl2N4O4S. The van der Waals surface area contributed by atoms with E-state index in [9.17, 15) is 13.2 Å². The number of benzene rings is 2. The number of ether oxygens (including phenoxy) is 1. The van der Waals surface area contributed by atoms with Crippen LogP contribution >= 0.6 is 23.2 Å². The number of hydrazone groups is 1. The first kappa shape index (κ1) is 22.5. The average Bonchev–Trinajstić information content (AvgIpc) is 2.66. The van der Waals surface area contributed by atoms with Crippen LogP contribution in [0.2, 0.25) is 10.0 Å². The summed E-state index contributed by atoms with van der Waals surface area (Å²) >= 11 is 12.0. The molecule has 11 heteroatoms. The number of sulfonamides is 1. The maximum Gasteiger partial charge on any atom is 0.260 e. The molecule has 0 aliphatic heterocycles. The average molecular weight is 455 g/mol. The lowest BCUT2D eigenvalue weighted by molar-refractivity contribution is -0.119. The largest absolute Gasteiger partial charge is 0.479 e. The summed E-state index contributed by atoms with van der Waals surface area (Å²) in [5.74, 6) is -0.147. The minimum Gasteiger partial charge on any atom is -0.479 e. The number of anilines is 1.